The van der Waals surface area contributed by atoms with Gasteiger partial charge >= 0.3 is 0 Å². The Morgan fingerprint density at radius 2 is 2.05 bits per heavy atom. The lowest BCUT2D eigenvalue weighted by Gasteiger charge is -2.37. The first-order valence-electron chi connectivity index (χ1n) is 6.83. The van der Waals surface area contributed by atoms with Crippen LogP contribution in [-0.4, -0.2) is 12.5 Å². The summed E-state index contributed by atoms with van der Waals surface area (Å²) in [7, 11) is 0. The summed E-state index contributed by atoms with van der Waals surface area (Å²) >= 11 is 3.45. The van der Waals surface area contributed by atoms with E-state index in [1.165, 1.54) is 0 Å². The summed E-state index contributed by atoms with van der Waals surface area (Å²) in [6, 6.07) is 7.67. The van der Waals surface area contributed by atoms with Gasteiger partial charge in [-0.15, -0.1) is 0 Å². The van der Waals surface area contributed by atoms with E-state index in [4.69, 9.17) is 5.73 Å². The van der Waals surface area contributed by atoms with Crippen LogP contribution in [0.4, 0.5) is 5.69 Å². The van der Waals surface area contributed by atoms with Crippen LogP contribution in [0.15, 0.2) is 28.7 Å². The summed E-state index contributed by atoms with van der Waals surface area (Å²) in [6.07, 6.45) is 3.95. The van der Waals surface area contributed by atoms with E-state index >= 15 is 0 Å². The van der Waals surface area contributed by atoms with Crippen LogP contribution in [-0.2, 0) is 4.79 Å². The minimum absolute atomic E-state index is 0.0637. The van der Waals surface area contributed by atoms with Crippen molar-refractivity contribution in [1.29, 1.82) is 0 Å². The van der Waals surface area contributed by atoms with E-state index in [-0.39, 0.29) is 11.3 Å². The fourth-order valence-electron chi connectivity index (χ4n) is 2.66. The highest BCUT2D eigenvalue weighted by Gasteiger charge is 2.39. The van der Waals surface area contributed by atoms with Gasteiger partial charge in [0.25, 0.3) is 0 Å². The molecule has 1 aliphatic rings. The number of para-hydroxylation sites is 1. The number of anilines is 1. The predicted octanol–water partition coefficient (Wildman–Crippen LogP) is 3.54. The molecule has 3 N–H and O–H groups in total. The molecule has 104 valence electrons. The van der Waals surface area contributed by atoms with Crippen LogP contribution in [0.25, 0.3) is 0 Å². The summed E-state index contributed by atoms with van der Waals surface area (Å²) in [5.41, 5.74) is 6.34. The molecule has 1 aromatic carbocycles. The van der Waals surface area contributed by atoms with Gasteiger partial charge in [0, 0.05) is 11.0 Å². The Labute approximate surface area is 123 Å². The first kappa shape index (κ1) is 14.5. The third-order valence-electron chi connectivity index (χ3n) is 4.23. The van der Waals surface area contributed by atoms with Crippen LogP contribution in [0.3, 0.4) is 0 Å². The standard InChI is InChI=1S/C15H21BrN2O/c1-11-6-8-15(10-17,9-7-11)14(19)18-13-5-3-2-4-12(13)16/h2-5,11H,6-10,17H2,1H3,(H,18,19). The van der Waals surface area contributed by atoms with Crippen LogP contribution in [0.1, 0.15) is 32.6 Å². The van der Waals surface area contributed by atoms with Gasteiger partial charge in [0.2, 0.25) is 5.91 Å². The van der Waals surface area contributed by atoms with Crippen molar-refractivity contribution in [3.05, 3.63) is 28.7 Å². The zero-order valence-corrected chi connectivity index (χ0v) is 12.9. The van der Waals surface area contributed by atoms with Crippen molar-refractivity contribution in [3.63, 3.8) is 0 Å². The number of rotatable bonds is 3. The van der Waals surface area contributed by atoms with Gasteiger partial charge in [-0.3, -0.25) is 4.79 Å². The Morgan fingerprint density at radius 1 is 1.42 bits per heavy atom. The molecule has 0 aliphatic heterocycles. The van der Waals surface area contributed by atoms with Crippen molar-refractivity contribution < 1.29 is 4.79 Å². The minimum atomic E-state index is -0.387. The first-order chi connectivity index (χ1) is 9.07. The van der Waals surface area contributed by atoms with E-state index in [0.717, 1.165) is 35.8 Å². The van der Waals surface area contributed by atoms with E-state index in [1.807, 2.05) is 24.3 Å². The Hall–Kier alpha value is -0.870. The molecule has 0 radical (unpaired) electrons. The maximum atomic E-state index is 12.6. The largest absolute Gasteiger partial charge is 0.329 e. The molecular weight excluding hydrogens is 304 g/mol. The average molecular weight is 325 g/mol. The molecule has 0 heterocycles. The second-order valence-electron chi connectivity index (χ2n) is 5.60. The smallest absolute Gasteiger partial charge is 0.231 e. The molecule has 1 aromatic rings. The number of carbonyl (C=O) groups excluding carboxylic acids is 1. The fraction of sp³-hybridized carbons (Fsp3) is 0.533. The van der Waals surface area contributed by atoms with Crippen molar-refractivity contribution in [2.24, 2.45) is 17.1 Å². The summed E-state index contributed by atoms with van der Waals surface area (Å²) in [5.74, 6) is 0.768. The van der Waals surface area contributed by atoms with Crippen molar-refractivity contribution >= 4 is 27.5 Å². The lowest BCUT2D eigenvalue weighted by atomic mass is 9.70. The molecule has 1 aliphatic carbocycles. The van der Waals surface area contributed by atoms with Crippen molar-refractivity contribution in [2.75, 3.05) is 11.9 Å². The van der Waals surface area contributed by atoms with Gasteiger partial charge in [-0.05, 0) is 59.7 Å². The highest BCUT2D eigenvalue weighted by atomic mass is 79.9. The first-order valence-corrected chi connectivity index (χ1v) is 7.63. The lowest BCUT2D eigenvalue weighted by molar-refractivity contribution is -0.127. The normalized spacial score (nSPS) is 27.0. The molecule has 19 heavy (non-hydrogen) atoms. The molecule has 0 spiro atoms. The Bertz CT molecular complexity index is 453. The van der Waals surface area contributed by atoms with E-state index in [0.29, 0.717) is 12.5 Å². The molecule has 1 saturated carbocycles. The number of benzene rings is 1. The molecule has 0 atom stereocenters. The van der Waals surface area contributed by atoms with E-state index in [1.54, 1.807) is 0 Å². The van der Waals surface area contributed by atoms with Gasteiger partial charge in [0.1, 0.15) is 0 Å². The Kier molecular flexibility index (Phi) is 4.63. The van der Waals surface area contributed by atoms with Crippen molar-refractivity contribution in [1.82, 2.24) is 0 Å². The number of nitrogens with two attached hydrogens (primary N) is 1. The molecule has 3 nitrogen and oxygen atoms in total. The third kappa shape index (κ3) is 3.18. The average Bonchev–Trinajstić information content (AvgIpc) is 2.42. The number of halogens is 1. The summed E-state index contributed by atoms with van der Waals surface area (Å²) in [4.78, 5) is 12.6. The van der Waals surface area contributed by atoms with Crippen LogP contribution in [0.5, 0.6) is 0 Å². The highest BCUT2D eigenvalue weighted by Crippen LogP contribution is 2.39. The molecule has 0 bridgehead atoms. The maximum absolute atomic E-state index is 12.6. The monoisotopic (exact) mass is 324 g/mol. The van der Waals surface area contributed by atoms with Gasteiger partial charge in [-0.1, -0.05) is 19.1 Å². The molecule has 0 unspecified atom stereocenters. The summed E-state index contributed by atoms with van der Waals surface area (Å²) < 4.78 is 0.902. The number of hydrogen-bond donors (Lipinski definition) is 2. The molecule has 4 heteroatoms. The van der Waals surface area contributed by atoms with Crippen LogP contribution >= 0.6 is 15.9 Å². The van der Waals surface area contributed by atoms with Gasteiger partial charge in [-0.2, -0.15) is 0 Å². The maximum Gasteiger partial charge on any atom is 0.231 e. The van der Waals surface area contributed by atoms with E-state index in [9.17, 15) is 4.79 Å². The molecular formula is C15H21BrN2O. The topological polar surface area (TPSA) is 55.1 Å². The second kappa shape index (κ2) is 6.06. The molecule has 2 rings (SSSR count). The molecule has 0 saturated heterocycles. The SMILES string of the molecule is CC1CCC(CN)(C(=O)Nc2ccccc2Br)CC1. The highest BCUT2D eigenvalue weighted by molar-refractivity contribution is 9.10. The zero-order valence-electron chi connectivity index (χ0n) is 11.3. The lowest BCUT2D eigenvalue weighted by Crippen LogP contribution is -2.44. The Balaban J connectivity index is 2.12. The minimum Gasteiger partial charge on any atom is -0.329 e. The van der Waals surface area contributed by atoms with Crippen LogP contribution in [0, 0.1) is 11.3 Å². The van der Waals surface area contributed by atoms with Gasteiger partial charge in [0.15, 0.2) is 0 Å². The number of amides is 1. The van der Waals surface area contributed by atoms with Crippen molar-refractivity contribution in [3.8, 4) is 0 Å². The number of nitrogens with one attached hydrogen (secondary N) is 1. The zero-order chi connectivity index (χ0) is 13.9. The number of hydrogen-bond acceptors (Lipinski definition) is 2. The van der Waals surface area contributed by atoms with Crippen LogP contribution in [0.2, 0.25) is 0 Å². The quantitative estimate of drug-likeness (QED) is 0.893. The molecule has 0 aromatic heterocycles. The van der Waals surface area contributed by atoms with E-state index in [2.05, 4.69) is 28.2 Å². The van der Waals surface area contributed by atoms with Gasteiger partial charge in [0.05, 0.1) is 11.1 Å². The number of carbonyl (C=O) groups is 1. The van der Waals surface area contributed by atoms with Gasteiger partial charge in [-0.25, -0.2) is 0 Å². The molecule has 1 fully saturated rings. The van der Waals surface area contributed by atoms with Crippen molar-refractivity contribution in [2.45, 2.75) is 32.6 Å². The predicted molar refractivity (Wildman–Crippen MR) is 81.9 cm³/mol. The third-order valence-corrected chi connectivity index (χ3v) is 4.92. The fourth-order valence-corrected chi connectivity index (χ4v) is 3.04. The van der Waals surface area contributed by atoms with Crippen LogP contribution < -0.4 is 11.1 Å². The summed E-state index contributed by atoms with van der Waals surface area (Å²) in [6.45, 7) is 2.67. The summed E-state index contributed by atoms with van der Waals surface area (Å²) in [5, 5.41) is 3.02. The Morgan fingerprint density at radius 3 is 2.63 bits per heavy atom. The van der Waals surface area contributed by atoms with Gasteiger partial charge < -0.3 is 11.1 Å². The molecule has 1 amide bonds. The second-order valence-corrected chi connectivity index (χ2v) is 6.46. The van der Waals surface area contributed by atoms with E-state index < -0.39 is 0 Å².